The number of fused-ring (bicyclic) bond motifs is 4. The predicted molar refractivity (Wildman–Crippen MR) is 116 cm³/mol. The van der Waals surface area contributed by atoms with Crippen LogP contribution >= 0.6 is 0 Å². The molecular formula is C25H24NO4+. The normalized spacial score (nSPS) is 14.2. The Labute approximate surface area is 174 Å². The fourth-order valence-corrected chi connectivity index (χ4v) is 5.24. The van der Waals surface area contributed by atoms with Crippen molar-refractivity contribution in [2.75, 3.05) is 21.0 Å². The molecule has 6 rings (SSSR count). The lowest BCUT2D eigenvalue weighted by Crippen LogP contribution is -2.38. The molecule has 0 N–H and O–H groups in total. The van der Waals surface area contributed by atoms with E-state index in [1.807, 2.05) is 6.07 Å². The number of nitrogens with zero attached hydrogens (tertiary/aromatic N) is 1. The first-order valence-electron chi connectivity index (χ1n) is 10.5. The van der Waals surface area contributed by atoms with E-state index in [9.17, 15) is 0 Å². The van der Waals surface area contributed by atoms with Gasteiger partial charge in [0, 0.05) is 17.2 Å². The molecule has 0 saturated heterocycles. The van der Waals surface area contributed by atoms with Crippen molar-refractivity contribution in [3.63, 3.8) is 0 Å². The summed E-state index contributed by atoms with van der Waals surface area (Å²) in [6, 6.07) is 8.69. The van der Waals surface area contributed by atoms with E-state index in [0.29, 0.717) is 6.79 Å². The Balaban J connectivity index is 1.85. The van der Waals surface area contributed by atoms with Gasteiger partial charge in [0.05, 0.1) is 30.4 Å². The summed E-state index contributed by atoms with van der Waals surface area (Å²) in [6.45, 7) is 3.44. The highest BCUT2D eigenvalue weighted by atomic mass is 16.7. The lowest BCUT2D eigenvalue weighted by atomic mass is 9.88. The molecule has 3 heterocycles. The second-order valence-corrected chi connectivity index (χ2v) is 8.04. The third-order valence-corrected chi connectivity index (χ3v) is 6.46. The smallest absolute Gasteiger partial charge is 0.231 e. The van der Waals surface area contributed by atoms with Gasteiger partial charge in [-0.3, -0.25) is 0 Å². The quantitative estimate of drug-likeness (QED) is 0.367. The number of hydrogen-bond donors (Lipinski definition) is 0. The molecular weight excluding hydrogens is 378 g/mol. The summed E-state index contributed by atoms with van der Waals surface area (Å²) in [5.41, 5.74) is 3.93. The molecule has 1 aromatic heterocycles. The molecule has 30 heavy (non-hydrogen) atoms. The predicted octanol–water partition coefficient (Wildman–Crippen LogP) is 4.69. The zero-order valence-electron chi connectivity index (χ0n) is 17.5. The molecule has 0 aliphatic carbocycles. The highest BCUT2D eigenvalue weighted by Gasteiger charge is 2.31. The van der Waals surface area contributed by atoms with Gasteiger partial charge < -0.3 is 18.9 Å². The number of hydrogen-bond acceptors (Lipinski definition) is 4. The van der Waals surface area contributed by atoms with Crippen LogP contribution < -0.4 is 23.5 Å². The van der Waals surface area contributed by atoms with E-state index in [4.69, 9.17) is 18.9 Å². The second-order valence-electron chi connectivity index (χ2n) is 8.04. The van der Waals surface area contributed by atoms with Gasteiger partial charge in [-0.1, -0.05) is 13.3 Å². The number of ether oxygens (including phenoxy) is 4. The molecule has 5 nitrogen and oxygen atoms in total. The number of rotatable bonds is 4. The largest absolute Gasteiger partial charge is 0.493 e. The van der Waals surface area contributed by atoms with Gasteiger partial charge in [0.25, 0.3) is 0 Å². The first-order valence-corrected chi connectivity index (χ1v) is 10.5. The fourth-order valence-electron chi connectivity index (χ4n) is 5.24. The monoisotopic (exact) mass is 402 g/mol. The number of aryl methyl sites for hydroxylation is 3. The Hall–Kier alpha value is -3.21. The summed E-state index contributed by atoms with van der Waals surface area (Å²) in [7, 11) is 3.39. The van der Waals surface area contributed by atoms with E-state index in [1.54, 1.807) is 14.2 Å². The van der Waals surface area contributed by atoms with Crippen LogP contribution in [-0.2, 0) is 19.4 Å². The molecule has 0 unspecified atom stereocenters. The summed E-state index contributed by atoms with van der Waals surface area (Å²) in [6.07, 6.45) is 5.25. The van der Waals surface area contributed by atoms with Crippen LogP contribution in [0.5, 0.6) is 23.0 Å². The van der Waals surface area contributed by atoms with Gasteiger partial charge in [-0.2, -0.15) is 4.57 Å². The molecule has 0 saturated carbocycles. The molecule has 0 radical (unpaired) electrons. The van der Waals surface area contributed by atoms with Crippen LogP contribution in [0, 0.1) is 0 Å². The van der Waals surface area contributed by atoms with E-state index in [-0.39, 0.29) is 0 Å². The van der Waals surface area contributed by atoms with Gasteiger partial charge in [-0.05, 0) is 41.8 Å². The van der Waals surface area contributed by atoms with Gasteiger partial charge >= 0.3 is 0 Å². The second kappa shape index (κ2) is 6.39. The molecule has 3 aromatic carbocycles. The van der Waals surface area contributed by atoms with E-state index < -0.39 is 0 Å². The molecule has 0 spiro atoms. The third-order valence-electron chi connectivity index (χ3n) is 6.46. The van der Waals surface area contributed by atoms with Crippen LogP contribution in [0.15, 0.2) is 30.5 Å². The average Bonchev–Trinajstić information content (AvgIpc) is 3.24. The molecule has 2 aliphatic heterocycles. The van der Waals surface area contributed by atoms with E-state index in [2.05, 4.69) is 35.9 Å². The fraction of sp³-hybridized carbons (Fsp3) is 0.320. The Kier molecular flexibility index (Phi) is 3.76. The molecule has 4 aromatic rings. The number of pyridine rings is 1. The van der Waals surface area contributed by atoms with Crippen molar-refractivity contribution in [3.05, 3.63) is 41.6 Å². The maximum absolute atomic E-state index is 5.95. The molecule has 2 aliphatic rings. The lowest BCUT2D eigenvalue weighted by Gasteiger charge is -2.20. The number of methoxy groups -OCH3 is 2. The van der Waals surface area contributed by atoms with Gasteiger partial charge in [0.15, 0.2) is 35.7 Å². The van der Waals surface area contributed by atoms with Crippen LogP contribution in [0.3, 0.4) is 0 Å². The zero-order valence-corrected chi connectivity index (χ0v) is 17.5. The molecule has 0 amide bonds. The standard InChI is InChI=1S/C25H24NO4/c1-4-5-14-10-17-16-6-7-19(27-2)24(28-3)18(16)12-26-9-8-15-11-20-25(30-13-29-20)22(14)21(15)23(17)26/h6-7,10-12H,4-5,8-9,13H2,1-3H3/q+1. The summed E-state index contributed by atoms with van der Waals surface area (Å²) in [4.78, 5) is 0. The van der Waals surface area contributed by atoms with Crippen LogP contribution in [0.1, 0.15) is 24.5 Å². The third kappa shape index (κ3) is 2.20. The van der Waals surface area contributed by atoms with Crippen molar-refractivity contribution in [2.24, 2.45) is 0 Å². The first kappa shape index (κ1) is 17.6. The van der Waals surface area contributed by atoms with Crippen LogP contribution in [0.4, 0.5) is 0 Å². The molecule has 0 bridgehead atoms. The van der Waals surface area contributed by atoms with Gasteiger partial charge in [0.1, 0.15) is 0 Å². The summed E-state index contributed by atoms with van der Waals surface area (Å²) >= 11 is 0. The maximum Gasteiger partial charge on any atom is 0.231 e. The van der Waals surface area contributed by atoms with Gasteiger partial charge in [0.2, 0.25) is 12.3 Å². The van der Waals surface area contributed by atoms with Crippen LogP contribution in [-0.4, -0.2) is 21.0 Å². The Bertz CT molecular complexity index is 1360. The number of benzene rings is 3. The Morgan fingerprint density at radius 1 is 1.00 bits per heavy atom. The van der Waals surface area contributed by atoms with Gasteiger partial charge in [-0.25, -0.2) is 0 Å². The molecule has 0 fully saturated rings. The zero-order chi connectivity index (χ0) is 20.4. The van der Waals surface area contributed by atoms with Crippen molar-refractivity contribution in [3.8, 4) is 23.0 Å². The van der Waals surface area contributed by atoms with E-state index >= 15 is 0 Å². The lowest BCUT2D eigenvalue weighted by molar-refractivity contribution is -0.670. The highest BCUT2D eigenvalue weighted by molar-refractivity contribution is 6.18. The summed E-state index contributed by atoms with van der Waals surface area (Å²) in [5, 5.41) is 6.05. The van der Waals surface area contributed by atoms with Crippen molar-refractivity contribution >= 4 is 32.4 Å². The van der Waals surface area contributed by atoms with Gasteiger partial charge in [-0.15, -0.1) is 0 Å². The van der Waals surface area contributed by atoms with Crippen molar-refractivity contribution in [1.82, 2.24) is 0 Å². The maximum atomic E-state index is 5.95. The van der Waals surface area contributed by atoms with Crippen molar-refractivity contribution in [2.45, 2.75) is 32.7 Å². The Morgan fingerprint density at radius 3 is 2.70 bits per heavy atom. The molecule has 0 atom stereocenters. The minimum Gasteiger partial charge on any atom is -0.493 e. The molecule has 5 heteroatoms. The van der Waals surface area contributed by atoms with E-state index in [1.165, 1.54) is 38.2 Å². The minimum absolute atomic E-state index is 0.298. The van der Waals surface area contributed by atoms with Crippen LogP contribution in [0.25, 0.3) is 32.4 Å². The first-order chi connectivity index (χ1) is 14.7. The topological polar surface area (TPSA) is 40.8 Å². The Morgan fingerprint density at radius 2 is 1.90 bits per heavy atom. The summed E-state index contributed by atoms with van der Waals surface area (Å²) in [5.74, 6) is 3.33. The SMILES string of the molecule is CCCc1cc2c3ccc(OC)c(OC)c3c[n+]3c2c2c(cc4c(c12)OCO4)CC3. The highest BCUT2D eigenvalue weighted by Crippen LogP contribution is 2.48. The molecule has 152 valence electrons. The number of aromatic nitrogens is 1. The van der Waals surface area contributed by atoms with Crippen molar-refractivity contribution in [1.29, 1.82) is 0 Å². The van der Waals surface area contributed by atoms with E-state index in [0.717, 1.165) is 54.2 Å². The summed E-state index contributed by atoms with van der Waals surface area (Å²) < 4.78 is 25.4. The van der Waals surface area contributed by atoms with Crippen molar-refractivity contribution < 1.29 is 23.5 Å². The van der Waals surface area contributed by atoms with Crippen LogP contribution in [0.2, 0.25) is 0 Å². The minimum atomic E-state index is 0.298. The average molecular weight is 402 g/mol.